The molecule has 1 aromatic rings. The molecule has 1 saturated heterocycles. The summed E-state index contributed by atoms with van der Waals surface area (Å²) in [6, 6.07) is 0. The van der Waals surface area contributed by atoms with E-state index in [2.05, 4.69) is 28.8 Å². The molecule has 1 aliphatic rings. The van der Waals surface area contributed by atoms with E-state index in [4.69, 9.17) is 4.74 Å². The van der Waals surface area contributed by atoms with Gasteiger partial charge in [-0.2, -0.15) is 0 Å². The summed E-state index contributed by atoms with van der Waals surface area (Å²) >= 11 is 1.68. The first-order valence-corrected chi connectivity index (χ1v) is 8.00. The van der Waals surface area contributed by atoms with E-state index in [0.29, 0.717) is 6.10 Å². The van der Waals surface area contributed by atoms with Crippen LogP contribution in [-0.4, -0.2) is 46.9 Å². The minimum absolute atomic E-state index is 0.398. The maximum atomic E-state index is 5.76. The highest BCUT2D eigenvalue weighted by Gasteiger charge is 2.15. The summed E-state index contributed by atoms with van der Waals surface area (Å²) in [5, 5.41) is 0.865. The molecule has 0 radical (unpaired) electrons. The largest absolute Gasteiger partial charge is 0.377 e. The third-order valence-electron chi connectivity index (χ3n) is 3.20. The number of likely N-dealkylation sites (N-methyl/N-ethyl adjacent to an activating group) is 1. The lowest BCUT2D eigenvalue weighted by molar-refractivity contribution is -0.00262. The predicted octanol–water partition coefficient (Wildman–Crippen LogP) is 2.59. The van der Waals surface area contributed by atoms with Gasteiger partial charge in [0.25, 0.3) is 0 Å². The van der Waals surface area contributed by atoms with Gasteiger partial charge in [-0.1, -0.05) is 18.7 Å². The van der Waals surface area contributed by atoms with E-state index in [-0.39, 0.29) is 0 Å². The molecule has 0 amide bonds. The van der Waals surface area contributed by atoms with Gasteiger partial charge in [-0.15, -0.1) is 0 Å². The van der Waals surface area contributed by atoms with E-state index in [1.54, 1.807) is 11.8 Å². The Labute approximate surface area is 120 Å². The zero-order valence-corrected chi connectivity index (χ0v) is 12.7. The molecule has 1 atom stereocenters. The van der Waals surface area contributed by atoms with Crippen molar-refractivity contribution in [1.82, 2.24) is 14.9 Å². The van der Waals surface area contributed by atoms with E-state index in [1.165, 1.54) is 24.8 Å². The number of hydrogen-bond donors (Lipinski definition) is 0. The topological polar surface area (TPSA) is 38.2 Å². The van der Waals surface area contributed by atoms with Gasteiger partial charge in [0.1, 0.15) is 0 Å². The SMILES string of the molecule is CCSc1ncc(CN(C)CC2CCCCO2)cn1. The van der Waals surface area contributed by atoms with Gasteiger partial charge < -0.3 is 4.74 Å². The minimum Gasteiger partial charge on any atom is -0.377 e. The standard InChI is InChI=1S/C14H23N3OS/c1-3-19-14-15-8-12(9-16-14)10-17(2)11-13-6-4-5-7-18-13/h8-9,13H,3-7,10-11H2,1-2H3. The summed E-state index contributed by atoms with van der Waals surface area (Å²) in [5.74, 6) is 1.01. The monoisotopic (exact) mass is 281 g/mol. The molecule has 106 valence electrons. The quantitative estimate of drug-likeness (QED) is 0.592. The van der Waals surface area contributed by atoms with Crippen LogP contribution < -0.4 is 0 Å². The number of nitrogens with zero attached hydrogens (tertiary/aromatic N) is 3. The van der Waals surface area contributed by atoms with E-state index < -0.39 is 0 Å². The number of thioether (sulfide) groups is 1. The molecule has 0 aliphatic carbocycles. The molecule has 2 heterocycles. The van der Waals surface area contributed by atoms with Crippen LogP contribution in [0.5, 0.6) is 0 Å². The summed E-state index contributed by atoms with van der Waals surface area (Å²) in [5.41, 5.74) is 1.17. The molecule has 2 rings (SSSR count). The Morgan fingerprint density at radius 2 is 2.16 bits per heavy atom. The van der Waals surface area contributed by atoms with Crippen molar-refractivity contribution < 1.29 is 4.74 Å². The van der Waals surface area contributed by atoms with Crippen LogP contribution in [0.25, 0.3) is 0 Å². The van der Waals surface area contributed by atoms with Crippen molar-refractivity contribution in [1.29, 1.82) is 0 Å². The molecule has 0 aromatic carbocycles. The minimum atomic E-state index is 0.398. The van der Waals surface area contributed by atoms with Gasteiger partial charge in [-0.05, 0) is 32.1 Å². The highest BCUT2D eigenvalue weighted by molar-refractivity contribution is 7.99. The van der Waals surface area contributed by atoms with Crippen LogP contribution >= 0.6 is 11.8 Å². The van der Waals surface area contributed by atoms with Crippen molar-refractivity contribution in [2.24, 2.45) is 0 Å². The summed E-state index contributed by atoms with van der Waals surface area (Å²) in [6.07, 6.45) is 7.96. The van der Waals surface area contributed by atoms with Gasteiger partial charge in [0.2, 0.25) is 0 Å². The molecule has 1 fully saturated rings. The number of ether oxygens (including phenoxy) is 1. The van der Waals surface area contributed by atoms with Crippen molar-refractivity contribution in [2.75, 3.05) is 26.0 Å². The molecule has 0 N–H and O–H groups in total. The van der Waals surface area contributed by atoms with Crippen molar-refractivity contribution in [3.8, 4) is 0 Å². The first kappa shape index (κ1) is 14.8. The second-order valence-electron chi connectivity index (χ2n) is 4.99. The van der Waals surface area contributed by atoms with Gasteiger partial charge in [0, 0.05) is 37.7 Å². The summed E-state index contributed by atoms with van der Waals surface area (Å²) in [4.78, 5) is 11.0. The fourth-order valence-corrected chi connectivity index (χ4v) is 2.82. The van der Waals surface area contributed by atoms with Crippen LogP contribution in [0.4, 0.5) is 0 Å². The first-order chi connectivity index (χ1) is 9.28. The average Bonchev–Trinajstić information content (AvgIpc) is 2.42. The molecule has 1 unspecified atom stereocenters. The Balaban J connectivity index is 1.78. The summed E-state index contributed by atoms with van der Waals surface area (Å²) < 4.78 is 5.76. The maximum absolute atomic E-state index is 5.76. The smallest absolute Gasteiger partial charge is 0.187 e. The summed E-state index contributed by atoms with van der Waals surface area (Å²) in [7, 11) is 2.13. The number of aromatic nitrogens is 2. The van der Waals surface area contributed by atoms with Crippen molar-refractivity contribution >= 4 is 11.8 Å². The average molecular weight is 281 g/mol. The third-order valence-corrected chi connectivity index (χ3v) is 3.95. The van der Waals surface area contributed by atoms with Gasteiger partial charge in [0.05, 0.1) is 6.10 Å². The maximum Gasteiger partial charge on any atom is 0.187 e. The molecule has 0 spiro atoms. The van der Waals surface area contributed by atoms with Crippen LogP contribution in [0.15, 0.2) is 17.6 Å². The molecule has 1 aromatic heterocycles. The second-order valence-corrected chi connectivity index (χ2v) is 6.22. The number of hydrogen-bond acceptors (Lipinski definition) is 5. The van der Waals surface area contributed by atoms with Gasteiger partial charge in [-0.25, -0.2) is 9.97 Å². The second kappa shape index (κ2) is 7.82. The van der Waals surface area contributed by atoms with Crippen molar-refractivity contribution in [2.45, 2.75) is 44.0 Å². The molecular weight excluding hydrogens is 258 g/mol. The van der Waals surface area contributed by atoms with Crippen molar-refractivity contribution in [3.63, 3.8) is 0 Å². The lowest BCUT2D eigenvalue weighted by atomic mass is 10.1. The highest BCUT2D eigenvalue weighted by Crippen LogP contribution is 2.15. The molecule has 5 heteroatoms. The zero-order chi connectivity index (χ0) is 13.5. The Morgan fingerprint density at radius 3 is 2.79 bits per heavy atom. The van der Waals surface area contributed by atoms with E-state index in [1.807, 2.05) is 12.4 Å². The van der Waals surface area contributed by atoms with Crippen LogP contribution in [0, 0.1) is 0 Å². The van der Waals surface area contributed by atoms with E-state index in [0.717, 1.165) is 30.6 Å². The predicted molar refractivity (Wildman–Crippen MR) is 78.4 cm³/mol. The Kier molecular flexibility index (Phi) is 6.07. The van der Waals surface area contributed by atoms with Crippen molar-refractivity contribution in [3.05, 3.63) is 18.0 Å². The lowest BCUT2D eigenvalue weighted by Gasteiger charge is -2.27. The van der Waals surface area contributed by atoms with Gasteiger partial charge in [0.15, 0.2) is 5.16 Å². The Hall–Kier alpha value is -0.650. The molecule has 0 bridgehead atoms. The normalized spacial score (nSPS) is 19.8. The van der Waals surface area contributed by atoms with E-state index in [9.17, 15) is 0 Å². The van der Waals surface area contributed by atoms with E-state index >= 15 is 0 Å². The zero-order valence-electron chi connectivity index (χ0n) is 11.8. The third kappa shape index (κ3) is 5.09. The molecule has 4 nitrogen and oxygen atoms in total. The Morgan fingerprint density at radius 1 is 1.37 bits per heavy atom. The van der Waals surface area contributed by atoms with Crippen LogP contribution in [0.3, 0.4) is 0 Å². The molecular formula is C14H23N3OS. The fourth-order valence-electron chi connectivity index (χ4n) is 2.30. The molecule has 1 aliphatic heterocycles. The van der Waals surface area contributed by atoms with Crippen LogP contribution in [0.2, 0.25) is 0 Å². The summed E-state index contributed by atoms with van der Waals surface area (Å²) in [6.45, 7) is 4.91. The first-order valence-electron chi connectivity index (χ1n) is 7.01. The molecule has 19 heavy (non-hydrogen) atoms. The fraction of sp³-hybridized carbons (Fsp3) is 0.714. The Bertz CT molecular complexity index is 365. The number of rotatable bonds is 6. The highest BCUT2D eigenvalue weighted by atomic mass is 32.2. The molecule has 0 saturated carbocycles. The van der Waals surface area contributed by atoms with Crippen LogP contribution in [-0.2, 0) is 11.3 Å². The van der Waals surface area contributed by atoms with Crippen LogP contribution in [0.1, 0.15) is 31.7 Å². The van der Waals surface area contributed by atoms with Gasteiger partial charge >= 0.3 is 0 Å². The van der Waals surface area contributed by atoms with Gasteiger partial charge in [-0.3, -0.25) is 4.90 Å². The lowest BCUT2D eigenvalue weighted by Crippen LogP contribution is -2.33.